The number of hydrogen-bond donors (Lipinski definition) is 2. The van der Waals surface area contributed by atoms with Gasteiger partial charge >= 0.3 is 6.09 Å². The second-order valence-electron chi connectivity index (χ2n) is 8.41. The Balaban J connectivity index is 1.79. The fourth-order valence-corrected chi connectivity index (χ4v) is 4.28. The second-order valence-corrected chi connectivity index (χ2v) is 8.41. The Hall–Kier alpha value is -3.89. The number of ether oxygens (including phenoxy) is 1. The summed E-state index contributed by atoms with van der Waals surface area (Å²) in [5, 5.41) is 28.7. The van der Waals surface area contributed by atoms with Crippen LogP contribution < -0.4 is 10.1 Å². The van der Waals surface area contributed by atoms with Crippen LogP contribution in [0.5, 0.6) is 5.75 Å². The normalized spacial score (nSPS) is 16.2. The average molecular weight is 454 g/mol. The predicted molar refractivity (Wildman–Crippen MR) is 122 cm³/mol. The average Bonchev–Trinajstić information content (AvgIpc) is 3.27. The topological polar surface area (TPSA) is 135 Å². The molecule has 1 aliphatic heterocycles. The Morgan fingerprint density at radius 1 is 1.36 bits per heavy atom. The van der Waals surface area contributed by atoms with Gasteiger partial charge in [-0.2, -0.15) is 5.10 Å². The first-order valence-electron chi connectivity index (χ1n) is 10.7. The number of hydrogen-bond acceptors (Lipinski definition) is 7. The molecule has 3 heterocycles. The first-order chi connectivity index (χ1) is 15.8. The number of methoxy groups -OCH3 is 1. The molecule has 33 heavy (non-hydrogen) atoms. The largest absolute Gasteiger partial charge is 0.493 e. The van der Waals surface area contributed by atoms with Gasteiger partial charge in [0, 0.05) is 37.0 Å². The zero-order chi connectivity index (χ0) is 23.7. The number of nitrogens with one attached hydrogen (secondary N) is 1. The third kappa shape index (κ3) is 4.38. The third-order valence-corrected chi connectivity index (χ3v) is 5.91. The van der Waals surface area contributed by atoms with E-state index in [0.29, 0.717) is 35.6 Å². The van der Waals surface area contributed by atoms with Gasteiger partial charge in [-0.1, -0.05) is 13.8 Å². The lowest BCUT2D eigenvalue weighted by molar-refractivity contribution is -0.383. The quantitative estimate of drug-likeness (QED) is 0.422. The Morgan fingerprint density at radius 3 is 2.82 bits per heavy atom. The molecule has 1 aromatic carbocycles. The highest BCUT2D eigenvalue weighted by atomic mass is 16.6. The van der Waals surface area contributed by atoms with Crippen molar-refractivity contribution < 1.29 is 19.6 Å². The number of rotatable bonds is 6. The van der Waals surface area contributed by atoms with E-state index in [1.165, 1.54) is 18.3 Å². The number of carboxylic acid groups (broad SMARTS) is 1. The number of likely N-dealkylation sites (tertiary alicyclic amines) is 1. The van der Waals surface area contributed by atoms with E-state index in [1.807, 2.05) is 13.8 Å². The summed E-state index contributed by atoms with van der Waals surface area (Å²) in [6, 6.07) is 4.96. The number of nitrogens with zero attached hydrogens (tertiary/aromatic N) is 5. The summed E-state index contributed by atoms with van der Waals surface area (Å²) < 4.78 is 7.04. The van der Waals surface area contributed by atoms with Crippen LogP contribution in [0.3, 0.4) is 0 Å². The zero-order valence-electron chi connectivity index (χ0n) is 18.7. The first kappa shape index (κ1) is 22.3. The van der Waals surface area contributed by atoms with Crippen LogP contribution in [0.1, 0.15) is 38.2 Å². The van der Waals surface area contributed by atoms with Gasteiger partial charge in [-0.15, -0.1) is 0 Å². The van der Waals surface area contributed by atoms with E-state index in [2.05, 4.69) is 15.4 Å². The lowest BCUT2D eigenvalue weighted by Gasteiger charge is -2.32. The van der Waals surface area contributed by atoms with Gasteiger partial charge in [0.2, 0.25) is 0 Å². The van der Waals surface area contributed by atoms with Crippen LogP contribution in [0.15, 0.2) is 30.7 Å². The van der Waals surface area contributed by atoms with Crippen molar-refractivity contribution in [3.05, 3.63) is 46.4 Å². The van der Waals surface area contributed by atoms with Gasteiger partial charge in [0.1, 0.15) is 12.0 Å². The van der Waals surface area contributed by atoms with E-state index in [9.17, 15) is 20.0 Å². The van der Waals surface area contributed by atoms with Crippen molar-refractivity contribution in [1.29, 1.82) is 0 Å². The fraction of sp³-hybridized carbons (Fsp3) is 0.409. The molecule has 1 aliphatic rings. The van der Waals surface area contributed by atoms with Crippen LogP contribution in [0.2, 0.25) is 0 Å². The van der Waals surface area contributed by atoms with Crippen LogP contribution in [-0.4, -0.2) is 61.9 Å². The maximum absolute atomic E-state index is 12.0. The minimum absolute atomic E-state index is 0.0699. The highest BCUT2D eigenvalue weighted by molar-refractivity contribution is 5.79. The van der Waals surface area contributed by atoms with Crippen molar-refractivity contribution in [3.8, 4) is 16.9 Å². The van der Waals surface area contributed by atoms with E-state index in [0.717, 1.165) is 17.5 Å². The Morgan fingerprint density at radius 2 is 2.15 bits per heavy atom. The van der Waals surface area contributed by atoms with Gasteiger partial charge in [-0.25, -0.2) is 14.3 Å². The van der Waals surface area contributed by atoms with Crippen molar-refractivity contribution in [2.24, 2.45) is 0 Å². The van der Waals surface area contributed by atoms with Gasteiger partial charge in [0.15, 0.2) is 11.4 Å². The molecule has 0 bridgehead atoms. The standard InChI is InChI=1S/C22H26N6O5/c1-13(2)16-8-18(25-15-5-4-6-26(11-15)22(29)30)19(28(31)32)9-17(16)14-7-20(33-3)21-23-12-24-27(21)10-14/h7-10,12-13,15,25H,4-6,11H2,1-3H3,(H,29,30)/t15-/m0/s1. The molecule has 174 valence electrons. The maximum atomic E-state index is 12.0. The molecule has 4 rings (SSSR count). The smallest absolute Gasteiger partial charge is 0.407 e. The number of pyridine rings is 1. The molecule has 1 saturated heterocycles. The Kier molecular flexibility index (Phi) is 6.03. The van der Waals surface area contributed by atoms with Crippen LogP contribution in [0, 0.1) is 10.1 Å². The number of piperidine rings is 1. The maximum Gasteiger partial charge on any atom is 0.407 e. The summed E-state index contributed by atoms with van der Waals surface area (Å²) >= 11 is 0. The fourth-order valence-electron chi connectivity index (χ4n) is 4.28. The van der Waals surface area contributed by atoms with Crippen LogP contribution in [0.4, 0.5) is 16.2 Å². The molecule has 11 nitrogen and oxygen atoms in total. The molecule has 1 amide bonds. The SMILES string of the molecule is COc1cc(-c2cc([N+](=O)[O-])c(N[C@H]3CCCN(C(=O)O)C3)cc2C(C)C)cn2ncnc12. The Labute approximate surface area is 190 Å². The molecule has 2 aromatic heterocycles. The number of nitro groups is 1. The molecular weight excluding hydrogens is 428 g/mol. The van der Waals surface area contributed by atoms with Crippen molar-refractivity contribution >= 4 is 23.1 Å². The van der Waals surface area contributed by atoms with Gasteiger partial charge in [-0.05, 0) is 42.0 Å². The molecule has 0 spiro atoms. The molecule has 0 saturated carbocycles. The molecular formula is C22H26N6O5. The van der Waals surface area contributed by atoms with Gasteiger partial charge in [-0.3, -0.25) is 10.1 Å². The van der Waals surface area contributed by atoms with Crippen molar-refractivity contribution in [3.63, 3.8) is 0 Å². The van der Waals surface area contributed by atoms with Gasteiger partial charge in [0.25, 0.3) is 5.69 Å². The first-order valence-corrected chi connectivity index (χ1v) is 10.7. The highest BCUT2D eigenvalue weighted by Gasteiger charge is 2.27. The summed E-state index contributed by atoms with van der Waals surface area (Å²) in [6.45, 7) is 4.79. The molecule has 1 atom stereocenters. The lowest BCUT2D eigenvalue weighted by atomic mass is 9.91. The summed E-state index contributed by atoms with van der Waals surface area (Å²) in [6.07, 6.45) is 3.65. The molecule has 11 heteroatoms. The minimum atomic E-state index is -0.980. The van der Waals surface area contributed by atoms with Gasteiger partial charge < -0.3 is 20.1 Å². The summed E-state index contributed by atoms with van der Waals surface area (Å²) in [4.78, 5) is 28.5. The van der Waals surface area contributed by atoms with Crippen molar-refractivity contribution in [2.45, 2.75) is 38.6 Å². The summed E-state index contributed by atoms with van der Waals surface area (Å²) in [5.74, 6) is 0.584. The molecule has 1 fully saturated rings. The summed E-state index contributed by atoms with van der Waals surface area (Å²) in [5.41, 5.74) is 3.21. The molecule has 3 aromatic rings. The van der Waals surface area contributed by atoms with Gasteiger partial charge in [0.05, 0.1) is 12.0 Å². The zero-order valence-corrected chi connectivity index (χ0v) is 18.7. The molecule has 0 aliphatic carbocycles. The van der Waals surface area contributed by atoms with Crippen molar-refractivity contribution in [1.82, 2.24) is 19.5 Å². The molecule has 2 N–H and O–H groups in total. The third-order valence-electron chi connectivity index (χ3n) is 5.91. The highest BCUT2D eigenvalue weighted by Crippen LogP contribution is 2.39. The van der Waals surface area contributed by atoms with E-state index in [-0.39, 0.29) is 24.2 Å². The number of nitro benzene ring substituents is 1. The monoisotopic (exact) mass is 454 g/mol. The number of fused-ring (bicyclic) bond motifs is 1. The summed E-state index contributed by atoms with van der Waals surface area (Å²) in [7, 11) is 1.54. The Bertz CT molecular complexity index is 1210. The van der Waals surface area contributed by atoms with Crippen LogP contribution in [0.25, 0.3) is 16.8 Å². The number of carbonyl (C=O) groups is 1. The number of amides is 1. The molecule has 0 radical (unpaired) electrons. The minimum Gasteiger partial charge on any atom is -0.493 e. The van der Waals surface area contributed by atoms with E-state index in [1.54, 1.807) is 28.9 Å². The van der Waals surface area contributed by atoms with Crippen molar-refractivity contribution in [2.75, 3.05) is 25.5 Å². The van der Waals surface area contributed by atoms with Crippen LogP contribution in [-0.2, 0) is 0 Å². The van der Waals surface area contributed by atoms with E-state index in [4.69, 9.17) is 4.74 Å². The second kappa shape index (κ2) is 8.93. The number of benzene rings is 1. The van der Waals surface area contributed by atoms with E-state index < -0.39 is 11.0 Å². The lowest BCUT2D eigenvalue weighted by Crippen LogP contribution is -2.44. The molecule has 0 unspecified atom stereocenters. The number of aromatic nitrogens is 3. The van der Waals surface area contributed by atoms with Crippen LogP contribution >= 0.6 is 0 Å². The number of anilines is 1. The van der Waals surface area contributed by atoms with E-state index >= 15 is 0 Å². The predicted octanol–water partition coefficient (Wildman–Crippen LogP) is 3.99.